The molecule has 0 saturated carbocycles. The Balaban J connectivity index is 4.45. The molecule has 0 fully saturated rings. The largest absolute Gasteiger partial charge is 0.405 e. The van der Waals surface area contributed by atoms with E-state index in [2.05, 4.69) is 19.6 Å². The van der Waals surface area contributed by atoms with Gasteiger partial charge in [0.15, 0.2) is 14.6 Å². The molecule has 0 rings (SSSR count). The van der Waals surface area contributed by atoms with Crippen molar-refractivity contribution in [2.45, 2.75) is 46.0 Å². The maximum atomic E-state index is 10.8. The lowest BCUT2D eigenvalue weighted by atomic mass is 9.95. The van der Waals surface area contributed by atoms with Gasteiger partial charge in [0.1, 0.15) is 5.60 Å². The summed E-state index contributed by atoms with van der Waals surface area (Å²) in [4.78, 5) is 10.8. The lowest BCUT2D eigenvalue weighted by Crippen LogP contribution is -2.45. The number of hydrogen-bond donors (Lipinski definition) is 0. The molecule has 0 N–H and O–H groups in total. The molecule has 0 aliphatic heterocycles. The standard InChI is InChI=1S/C9H20O2Si/c1-8(2)9(3,7-10)11-12(4,5)6/h7-8H,1-6H3. The van der Waals surface area contributed by atoms with Crippen LogP contribution in [0, 0.1) is 5.92 Å². The number of carbonyl (C=O) groups is 1. The molecule has 0 radical (unpaired) electrons. The van der Waals surface area contributed by atoms with Gasteiger partial charge in [-0.15, -0.1) is 0 Å². The molecule has 0 amide bonds. The molecule has 12 heavy (non-hydrogen) atoms. The summed E-state index contributed by atoms with van der Waals surface area (Å²) in [5, 5.41) is 0. The number of aldehydes is 1. The maximum Gasteiger partial charge on any atom is 0.185 e. The minimum absolute atomic E-state index is 0.238. The van der Waals surface area contributed by atoms with Crippen LogP contribution >= 0.6 is 0 Å². The van der Waals surface area contributed by atoms with E-state index in [9.17, 15) is 4.79 Å². The number of rotatable bonds is 4. The second-order valence-corrected chi connectivity index (χ2v) is 9.10. The van der Waals surface area contributed by atoms with Crippen molar-refractivity contribution in [3.05, 3.63) is 0 Å². The van der Waals surface area contributed by atoms with Crippen molar-refractivity contribution in [3.8, 4) is 0 Å². The fourth-order valence-corrected chi connectivity index (χ4v) is 2.54. The summed E-state index contributed by atoms with van der Waals surface area (Å²) in [5.41, 5.74) is -0.593. The SMILES string of the molecule is CC(C)C(C)(C=O)O[Si](C)(C)C. The molecule has 1 atom stereocenters. The summed E-state index contributed by atoms with van der Waals surface area (Å²) in [6.45, 7) is 12.2. The Bertz CT molecular complexity index is 160. The van der Waals surface area contributed by atoms with Crippen molar-refractivity contribution in [1.29, 1.82) is 0 Å². The smallest absolute Gasteiger partial charge is 0.185 e. The molecular weight excluding hydrogens is 168 g/mol. The lowest BCUT2D eigenvalue weighted by Gasteiger charge is -2.34. The average Bonchev–Trinajstić information content (AvgIpc) is 1.83. The molecule has 3 heteroatoms. The van der Waals surface area contributed by atoms with Gasteiger partial charge in [-0.2, -0.15) is 0 Å². The fourth-order valence-electron chi connectivity index (χ4n) is 0.938. The minimum atomic E-state index is -1.61. The number of hydrogen-bond acceptors (Lipinski definition) is 2. The van der Waals surface area contributed by atoms with E-state index in [-0.39, 0.29) is 5.92 Å². The molecule has 0 heterocycles. The van der Waals surface area contributed by atoms with Crippen LogP contribution in [0.2, 0.25) is 19.6 Å². The third-order valence-corrected chi connectivity index (χ3v) is 2.96. The average molecular weight is 188 g/mol. The van der Waals surface area contributed by atoms with Crippen LogP contribution in [0.3, 0.4) is 0 Å². The Kier molecular flexibility index (Phi) is 3.66. The summed E-state index contributed by atoms with van der Waals surface area (Å²) >= 11 is 0. The molecule has 0 spiro atoms. The Labute approximate surface area is 76.4 Å². The molecule has 0 aliphatic rings. The summed E-state index contributed by atoms with van der Waals surface area (Å²) in [6, 6.07) is 0. The van der Waals surface area contributed by atoms with Crippen LogP contribution in [-0.4, -0.2) is 20.2 Å². The van der Waals surface area contributed by atoms with E-state index in [4.69, 9.17) is 4.43 Å². The highest BCUT2D eigenvalue weighted by atomic mass is 28.4. The summed E-state index contributed by atoms with van der Waals surface area (Å²) in [6.07, 6.45) is 0.927. The van der Waals surface area contributed by atoms with Crippen LogP contribution < -0.4 is 0 Å². The zero-order valence-corrected chi connectivity index (χ0v) is 9.97. The monoisotopic (exact) mass is 188 g/mol. The molecule has 0 aromatic rings. The van der Waals surface area contributed by atoms with Crippen molar-refractivity contribution >= 4 is 14.6 Å². The van der Waals surface area contributed by atoms with Crippen molar-refractivity contribution in [2.75, 3.05) is 0 Å². The second kappa shape index (κ2) is 3.71. The summed E-state index contributed by atoms with van der Waals surface area (Å²) < 4.78 is 5.81. The first-order valence-electron chi connectivity index (χ1n) is 4.38. The lowest BCUT2D eigenvalue weighted by molar-refractivity contribution is -0.124. The van der Waals surface area contributed by atoms with E-state index in [1.165, 1.54) is 0 Å². The predicted molar refractivity (Wildman–Crippen MR) is 53.7 cm³/mol. The quantitative estimate of drug-likeness (QED) is 0.500. The molecule has 72 valence electrons. The van der Waals surface area contributed by atoms with Crippen LogP contribution in [0.5, 0.6) is 0 Å². The second-order valence-electron chi connectivity index (χ2n) is 4.67. The number of carbonyl (C=O) groups excluding carboxylic acids is 1. The van der Waals surface area contributed by atoms with Crippen LogP contribution in [0.1, 0.15) is 20.8 Å². The summed E-state index contributed by atoms with van der Waals surface area (Å²) in [7, 11) is -1.61. The molecule has 0 aliphatic carbocycles. The molecular formula is C9H20O2Si. The molecule has 1 unspecified atom stereocenters. The third kappa shape index (κ3) is 3.50. The normalized spacial score (nSPS) is 17.6. The Morgan fingerprint density at radius 1 is 1.33 bits per heavy atom. The highest BCUT2D eigenvalue weighted by Crippen LogP contribution is 2.23. The van der Waals surface area contributed by atoms with Gasteiger partial charge in [-0.1, -0.05) is 13.8 Å². The van der Waals surface area contributed by atoms with Gasteiger partial charge in [-0.05, 0) is 32.5 Å². The minimum Gasteiger partial charge on any atom is -0.405 e. The highest BCUT2D eigenvalue weighted by Gasteiger charge is 2.33. The van der Waals surface area contributed by atoms with Gasteiger partial charge in [-0.25, -0.2) is 0 Å². The first-order chi connectivity index (χ1) is 5.21. The predicted octanol–water partition coefficient (Wildman–Crippen LogP) is 2.45. The van der Waals surface area contributed by atoms with E-state index in [0.717, 1.165) is 6.29 Å². The molecule has 0 saturated heterocycles. The van der Waals surface area contributed by atoms with Gasteiger partial charge in [0.05, 0.1) is 0 Å². The van der Waals surface area contributed by atoms with Gasteiger partial charge in [0.25, 0.3) is 0 Å². The van der Waals surface area contributed by atoms with Gasteiger partial charge in [-0.3, -0.25) is 0 Å². The Morgan fingerprint density at radius 3 is 1.83 bits per heavy atom. The van der Waals surface area contributed by atoms with Gasteiger partial charge in [0, 0.05) is 0 Å². The van der Waals surface area contributed by atoms with Crippen molar-refractivity contribution in [3.63, 3.8) is 0 Å². The molecule has 2 nitrogen and oxygen atoms in total. The van der Waals surface area contributed by atoms with Crippen LogP contribution in [0.15, 0.2) is 0 Å². The van der Waals surface area contributed by atoms with Crippen LogP contribution in [0.25, 0.3) is 0 Å². The molecule has 0 aromatic heterocycles. The molecule has 0 aromatic carbocycles. The zero-order chi connectivity index (χ0) is 9.99. The zero-order valence-electron chi connectivity index (χ0n) is 8.97. The van der Waals surface area contributed by atoms with E-state index in [1.54, 1.807) is 0 Å². The van der Waals surface area contributed by atoms with Crippen molar-refractivity contribution in [1.82, 2.24) is 0 Å². The van der Waals surface area contributed by atoms with Crippen LogP contribution in [0.4, 0.5) is 0 Å². The fraction of sp³-hybridized carbons (Fsp3) is 0.889. The third-order valence-electron chi connectivity index (χ3n) is 1.91. The maximum absolute atomic E-state index is 10.8. The first-order valence-corrected chi connectivity index (χ1v) is 7.78. The van der Waals surface area contributed by atoms with E-state index >= 15 is 0 Å². The van der Waals surface area contributed by atoms with Crippen molar-refractivity contribution in [2.24, 2.45) is 5.92 Å². The molecule has 0 bridgehead atoms. The van der Waals surface area contributed by atoms with E-state index in [0.29, 0.717) is 0 Å². The highest BCUT2D eigenvalue weighted by molar-refractivity contribution is 6.70. The van der Waals surface area contributed by atoms with Gasteiger partial charge in [0.2, 0.25) is 0 Å². The van der Waals surface area contributed by atoms with Crippen molar-refractivity contribution < 1.29 is 9.22 Å². The first kappa shape index (κ1) is 11.8. The van der Waals surface area contributed by atoms with Gasteiger partial charge < -0.3 is 9.22 Å². The van der Waals surface area contributed by atoms with E-state index in [1.807, 2.05) is 20.8 Å². The Hall–Kier alpha value is -0.153. The topological polar surface area (TPSA) is 26.3 Å². The van der Waals surface area contributed by atoms with Gasteiger partial charge >= 0.3 is 0 Å². The van der Waals surface area contributed by atoms with E-state index < -0.39 is 13.9 Å². The Morgan fingerprint density at radius 2 is 1.75 bits per heavy atom. The van der Waals surface area contributed by atoms with Crippen LogP contribution in [-0.2, 0) is 9.22 Å². The summed E-state index contributed by atoms with van der Waals surface area (Å²) in [5.74, 6) is 0.238.